The van der Waals surface area contributed by atoms with Gasteiger partial charge in [0.25, 0.3) is 0 Å². The van der Waals surface area contributed by atoms with Crippen molar-refractivity contribution >= 4 is 11.6 Å². The number of aliphatic hydroxyl groups excluding tert-OH is 1. The van der Waals surface area contributed by atoms with Gasteiger partial charge in [-0.2, -0.15) is 0 Å². The van der Waals surface area contributed by atoms with Crippen molar-refractivity contribution in [1.82, 2.24) is 9.80 Å². The summed E-state index contributed by atoms with van der Waals surface area (Å²) in [5.41, 5.74) is 0.951. The van der Waals surface area contributed by atoms with E-state index >= 15 is 0 Å². The van der Waals surface area contributed by atoms with Gasteiger partial charge in [0.1, 0.15) is 5.82 Å². The van der Waals surface area contributed by atoms with E-state index in [1.807, 2.05) is 6.07 Å². The van der Waals surface area contributed by atoms with Crippen molar-refractivity contribution in [2.45, 2.75) is 6.54 Å². The molecule has 0 bridgehead atoms. The van der Waals surface area contributed by atoms with Crippen molar-refractivity contribution in [1.29, 1.82) is 0 Å². The highest BCUT2D eigenvalue weighted by Gasteiger charge is 2.16. The van der Waals surface area contributed by atoms with E-state index in [2.05, 4.69) is 9.80 Å². The first-order valence-corrected chi connectivity index (χ1v) is 6.56. The zero-order valence-electron chi connectivity index (χ0n) is 10.3. The van der Waals surface area contributed by atoms with Gasteiger partial charge >= 0.3 is 0 Å². The highest BCUT2D eigenvalue weighted by Crippen LogP contribution is 2.17. The molecule has 0 unspecified atom stereocenters. The van der Waals surface area contributed by atoms with Gasteiger partial charge in [0.05, 0.1) is 11.6 Å². The number of aliphatic hydroxyl groups is 1. The third-order valence-corrected chi connectivity index (χ3v) is 3.58. The summed E-state index contributed by atoms with van der Waals surface area (Å²) in [6.07, 6.45) is 0. The zero-order chi connectivity index (χ0) is 13.0. The minimum Gasteiger partial charge on any atom is -0.395 e. The molecule has 1 aromatic rings. The highest BCUT2D eigenvalue weighted by atomic mass is 35.5. The molecule has 0 aliphatic carbocycles. The minimum absolute atomic E-state index is 0.173. The number of hydrogen-bond donors (Lipinski definition) is 1. The maximum atomic E-state index is 13.3. The number of nitrogens with zero attached hydrogens (tertiary/aromatic N) is 2. The Morgan fingerprint density at radius 2 is 1.83 bits per heavy atom. The molecule has 0 atom stereocenters. The lowest BCUT2D eigenvalue weighted by Crippen LogP contribution is -2.46. The molecule has 1 aromatic carbocycles. The first-order valence-electron chi connectivity index (χ1n) is 6.18. The van der Waals surface area contributed by atoms with Gasteiger partial charge < -0.3 is 5.11 Å². The fourth-order valence-electron chi connectivity index (χ4n) is 2.21. The van der Waals surface area contributed by atoms with Crippen molar-refractivity contribution in [3.63, 3.8) is 0 Å². The number of piperazine rings is 1. The van der Waals surface area contributed by atoms with Crippen LogP contribution in [0.2, 0.25) is 5.02 Å². The van der Waals surface area contributed by atoms with Crippen LogP contribution in [0.15, 0.2) is 18.2 Å². The SMILES string of the molecule is OCCN1CCN(Cc2ccc(Cl)c(F)c2)CC1. The highest BCUT2D eigenvalue weighted by molar-refractivity contribution is 6.30. The molecule has 18 heavy (non-hydrogen) atoms. The van der Waals surface area contributed by atoms with Crippen molar-refractivity contribution in [3.05, 3.63) is 34.6 Å². The third-order valence-electron chi connectivity index (χ3n) is 3.27. The molecule has 1 N–H and O–H groups in total. The smallest absolute Gasteiger partial charge is 0.142 e. The maximum Gasteiger partial charge on any atom is 0.142 e. The quantitative estimate of drug-likeness (QED) is 0.902. The van der Waals surface area contributed by atoms with Crippen LogP contribution in [0.5, 0.6) is 0 Å². The van der Waals surface area contributed by atoms with Crippen molar-refractivity contribution in [2.24, 2.45) is 0 Å². The molecule has 5 heteroatoms. The molecule has 2 rings (SSSR count). The molecule has 0 amide bonds. The summed E-state index contributed by atoms with van der Waals surface area (Å²) >= 11 is 5.66. The second-order valence-corrected chi connectivity index (χ2v) is 5.00. The molecule has 1 heterocycles. The van der Waals surface area contributed by atoms with Crippen LogP contribution in [0.4, 0.5) is 4.39 Å². The predicted octanol–water partition coefficient (Wildman–Crippen LogP) is 1.59. The van der Waals surface area contributed by atoms with Crippen LogP contribution in [0.3, 0.4) is 0 Å². The zero-order valence-corrected chi connectivity index (χ0v) is 11.0. The second kappa shape index (κ2) is 6.48. The Hall–Kier alpha value is -0.680. The number of β-amino-alcohol motifs (C(OH)–C–C–N with tert-alkyl or cyclic N) is 1. The summed E-state index contributed by atoms with van der Waals surface area (Å²) in [5.74, 6) is -0.354. The topological polar surface area (TPSA) is 26.7 Å². The normalized spacial score (nSPS) is 18.2. The van der Waals surface area contributed by atoms with Gasteiger partial charge in [-0.05, 0) is 17.7 Å². The molecule has 1 aliphatic rings. The third kappa shape index (κ3) is 3.65. The number of halogens is 2. The van der Waals surface area contributed by atoms with Gasteiger partial charge in [0.2, 0.25) is 0 Å². The van der Waals surface area contributed by atoms with Gasteiger partial charge in [0, 0.05) is 39.3 Å². The van der Waals surface area contributed by atoms with Crippen LogP contribution in [0, 0.1) is 5.82 Å². The lowest BCUT2D eigenvalue weighted by Gasteiger charge is -2.34. The van der Waals surface area contributed by atoms with E-state index in [-0.39, 0.29) is 17.4 Å². The molecule has 0 radical (unpaired) electrons. The first kappa shape index (κ1) is 13.7. The molecule has 0 aromatic heterocycles. The van der Waals surface area contributed by atoms with Crippen LogP contribution in [-0.2, 0) is 6.54 Å². The lowest BCUT2D eigenvalue weighted by molar-refractivity contribution is 0.108. The Balaban J connectivity index is 1.85. The van der Waals surface area contributed by atoms with Crippen molar-refractivity contribution in [3.8, 4) is 0 Å². The van der Waals surface area contributed by atoms with Gasteiger partial charge in [0.15, 0.2) is 0 Å². The average molecular weight is 273 g/mol. The summed E-state index contributed by atoms with van der Waals surface area (Å²) in [4.78, 5) is 4.52. The van der Waals surface area contributed by atoms with Gasteiger partial charge in [-0.25, -0.2) is 4.39 Å². The molecular weight excluding hydrogens is 255 g/mol. The minimum atomic E-state index is -0.354. The standard InChI is InChI=1S/C13H18ClFN2O/c14-12-2-1-11(9-13(12)15)10-17-5-3-16(4-6-17)7-8-18/h1-2,9,18H,3-8,10H2. The molecule has 100 valence electrons. The van der Waals surface area contributed by atoms with Crippen LogP contribution in [0.1, 0.15) is 5.56 Å². The van der Waals surface area contributed by atoms with Gasteiger partial charge in [-0.3, -0.25) is 9.80 Å². The van der Waals surface area contributed by atoms with Crippen LogP contribution < -0.4 is 0 Å². The van der Waals surface area contributed by atoms with Crippen LogP contribution in [-0.4, -0.2) is 54.2 Å². The Morgan fingerprint density at radius 1 is 1.17 bits per heavy atom. The van der Waals surface area contributed by atoms with E-state index in [4.69, 9.17) is 16.7 Å². The average Bonchev–Trinajstić information content (AvgIpc) is 2.37. The second-order valence-electron chi connectivity index (χ2n) is 4.59. The van der Waals surface area contributed by atoms with Gasteiger partial charge in [-0.1, -0.05) is 17.7 Å². The number of rotatable bonds is 4. The van der Waals surface area contributed by atoms with E-state index in [0.717, 1.165) is 44.8 Å². The monoisotopic (exact) mass is 272 g/mol. The molecule has 1 saturated heterocycles. The van der Waals surface area contributed by atoms with Crippen LogP contribution in [0.25, 0.3) is 0 Å². The number of hydrogen-bond acceptors (Lipinski definition) is 3. The summed E-state index contributed by atoms with van der Waals surface area (Å²) in [7, 11) is 0. The lowest BCUT2D eigenvalue weighted by atomic mass is 10.2. The van der Waals surface area contributed by atoms with Gasteiger partial charge in [-0.15, -0.1) is 0 Å². The fourth-order valence-corrected chi connectivity index (χ4v) is 2.33. The summed E-state index contributed by atoms with van der Waals surface area (Å²) in [5, 5.41) is 9.04. The largest absolute Gasteiger partial charge is 0.395 e. The molecule has 1 fully saturated rings. The molecule has 0 saturated carbocycles. The van der Waals surface area contributed by atoms with Crippen LogP contribution >= 0.6 is 11.6 Å². The van der Waals surface area contributed by atoms with E-state index < -0.39 is 0 Å². The van der Waals surface area contributed by atoms with E-state index in [9.17, 15) is 4.39 Å². The Kier molecular flexibility index (Phi) is 4.95. The van der Waals surface area contributed by atoms with E-state index in [0.29, 0.717) is 0 Å². The Labute approximate surface area is 112 Å². The molecule has 1 aliphatic heterocycles. The fraction of sp³-hybridized carbons (Fsp3) is 0.538. The maximum absolute atomic E-state index is 13.3. The Bertz CT molecular complexity index is 395. The summed E-state index contributed by atoms with van der Waals surface area (Å²) < 4.78 is 13.3. The predicted molar refractivity (Wildman–Crippen MR) is 70.2 cm³/mol. The Morgan fingerprint density at radius 3 is 2.44 bits per heavy atom. The van der Waals surface area contributed by atoms with E-state index in [1.54, 1.807) is 6.07 Å². The van der Waals surface area contributed by atoms with E-state index in [1.165, 1.54) is 6.07 Å². The number of benzene rings is 1. The van der Waals surface area contributed by atoms with Crippen molar-refractivity contribution in [2.75, 3.05) is 39.3 Å². The molecule has 3 nitrogen and oxygen atoms in total. The summed E-state index contributed by atoms with van der Waals surface area (Å²) in [6.45, 7) is 5.51. The molecule has 0 spiro atoms. The van der Waals surface area contributed by atoms with Crippen molar-refractivity contribution < 1.29 is 9.50 Å². The molecular formula is C13H18ClFN2O. The summed E-state index contributed by atoms with van der Waals surface area (Å²) in [6, 6.07) is 4.97. The first-order chi connectivity index (χ1) is 8.69.